The number of hydrogen-bond acceptors (Lipinski definition) is 3. The van der Waals surface area contributed by atoms with Gasteiger partial charge in [0.25, 0.3) is 15.7 Å². The quantitative estimate of drug-likeness (QED) is 0.329. The number of hydrogen-bond donors (Lipinski definition) is 0. The maximum atomic E-state index is 13.1. The molecule has 5 aromatic rings. The molecule has 0 bridgehead atoms. The zero-order valence-electron chi connectivity index (χ0n) is 16.5. The third-order valence-corrected chi connectivity index (χ3v) is 7.13. The molecule has 6 nitrogen and oxygen atoms in total. The minimum Gasteiger partial charge on any atom is -0.710 e. The van der Waals surface area contributed by atoms with Crippen molar-refractivity contribution in [2.45, 2.75) is 11.8 Å². The molecule has 0 fully saturated rings. The summed E-state index contributed by atoms with van der Waals surface area (Å²) in [7, 11) is -1.87. The Kier molecular flexibility index (Phi) is 3.98. The Bertz CT molecular complexity index is 1530. The summed E-state index contributed by atoms with van der Waals surface area (Å²) in [5, 5.41) is 14.5. The predicted octanol–water partition coefficient (Wildman–Crippen LogP) is 3.98. The summed E-state index contributed by atoms with van der Waals surface area (Å²) >= 11 is 0. The van der Waals surface area contributed by atoms with E-state index in [1.165, 1.54) is 3.97 Å². The normalized spacial score (nSPS) is 12.1. The van der Waals surface area contributed by atoms with Gasteiger partial charge in [-0.2, -0.15) is 0 Å². The van der Waals surface area contributed by atoms with Crippen LogP contribution in [0.25, 0.3) is 33.2 Å². The number of nitrogens with zero attached hydrogens (tertiary/aromatic N) is 3. The molecule has 3 aromatic heterocycles. The fraction of sp³-hybridized carbons (Fsp3) is 0.0870. The summed E-state index contributed by atoms with van der Waals surface area (Å²) in [5.41, 5.74) is 3.38. The molecule has 2 aromatic carbocycles. The zero-order chi connectivity index (χ0) is 21.0. The first kappa shape index (κ1) is 18.4. The van der Waals surface area contributed by atoms with Crippen molar-refractivity contribution in [3.63, 3.8) is 0 Å². The molecule has 5 rings (SSSR count). The molecule has 0 aliphatic heterocycles. The molecule has 150 valence electrons. The van der Waals surface area contributed by atoms with Gasteiger partial charge >= 0.3 is 0 Å². The van der Waals surface area contributed by atoms with Crippen LogP contribution in [0, 0.1) is 12.1 Å². The zero-order valence-corrected chi connectivity index (χ0v) is 17.3. The number of pyridine rings is 1. The molecule has 0 spiro atoms. The first-order chi connectivity index (χ1) is 14.4. The van der Waals surface area contributed by atoms with Crippen molar-refractivity contribution in [3.8, 4) is 11.3 Å². The van der Waals surface area contributed by atoms with Crippen LogP contribution in [-0.2, 0) is 17.1 Å². The third kappa shape index (κ3) is 2.70. The van der Waals surface area contributed by atoms with Crippen LogP contribution in [-0.4, -0.2) is 17.0 Å². The second kappa shape index (κ2) is 6.47. The first-order valence-electron chi connectivity index (χ1n) is 9.47. The summed E-state index contributed by atoms with van der Waals surface area (Å²) in [6.45, 7) is 1.91. The van der Waals surface area contributed by atoms with Crippen molar-refractivity contribution in [2.75, 3.05) is 0 Å². The van der Waals surface area contributed by atoms with Gasteiger partial charge in [0, 0.05) is 17.1 Å². The van der Waals surface area contributed by atoms with E-state index in [0.29, 0.717) is 16.9 Å². The van der Waals surface area contributed by atoms with E-state index in [0.717, 1.165) is 26.6 Å². The average molecular weight is 417 g/mol. The van der Waals surface area contributed by atoms with Crippen LogP contribution >= 0.6 is 0 Å². The summed E-state index contributed by atoms with van der Waals surface area (Å²) in [5.74, 6) is 0. The molecular weight excluding hydrogens is 398 g/mol. The lowest BCUT2D eigenvalue weighted by Gasteiger charge is -2.12. The smallest absolute Gasteiger partial charge is 0.292 e. The van der Waals surface area contributed by atoms with E-state index in [1.807, 2.05) is 38.4 Å². The molecule has 0 unspecified atom stereocenters. The standard InChI is InChI=1S/C23H19N3O3S/c1-16-3-7-20(8-4-16)30(28,29)25-14-12-19-15-18(6-9-21(19)25)22-10-5-17-11-13-24(2)23(17)26(22)27/h3-15H,1-2H3. The predicted molar refractivity (Wildman–Crippen MR) is 117 cm³/mol. The van der Waals surface area contributed by atoms with E-state index in [-0.39, 0.29) is 4.90 Å². The molecule has 0 amide bonds. The molecule has 0 N–H and O–H groups in total. The van der Waals surface area contributed by atoms with Gasteiger partial charge < -0.3 is 5.21 Å². The molecule has 0 atom stereocenters. The van der Waals surface area contributed by atoms with Crippen LogP contribution in [0.2, 0.25) is 0 Å². The van der Waals surface area contributed by atoms with Crippen molar-refractivity contribution in [1.82, 2.24) is 8.54 Å². The highest BCUT2D eigenvalue weighted by molar-refractivity contribution is 7.90. The van der Waals surface area contributed by atoms with Crippen LogP contribution in [0.3, 0.4) is 0 Å². The van der Waals surface area contributed by atoms with Gasteiger partial charge in [-0.3, -0.25) is 0 Å². The van der Waals surface area contributed by atoms with Gasteiger partial charge in [-0.15, -0.1) is 0 Å². The topological polar surface area (TPSA) is 70.9 Å². The highest BCUT2D eigenvalue weighted by Gasteiger charge is 2.20. The summed E-state index contributed by atoms with van der Waals surface area (Å²) in [4.78, 5) is 0.237. The van der Waals surface area contributed by atoms with Crippen LogP contribution in [0.15, 0.2) is 84.0 Å². The largest absolute Gasteiger partial charge is 0.710 e. The van der Waals surface area contributed by atoms with E-state index in [1.54, 1.807) is 59.3 Å². The van der Waals surface area contributed by atoms with Crippen LogP contribution < -0.4 is 4.73 Å². The summed E-state index contributed by atoms with van der Waals surface area (Å²) < 4.78 is 30.2. The van der Waals surface area contributed by atoms with Gasteiger partial charge in [-0.05, 0) is 61.5 Å². The number of benzene rings is 2. The minimum atomic E-state index is -3.71. The van der Waals surface area contributed by atoms with Gasteiger partial charge in [-0.25, -0.2) is 21.7 Å². The van der Waals surface area contributed by atoms with E-state index in [9.17, 15) is 13.6 Å². The fourth-order valence-corrected chi connectivity index (χ4v) is 5.16. The van der Waals surface area contributed by atoms with Crippen molar-refractivity contribution < 1.29 is 13.1 Å². The molecule has 3 heterocycles. The lowest BCUT2D eigenvalue weighted by molar-refractivity contribution is -0.568. The molecule has 0 radical (unpaired) electrons. The number of aryl methyl sites for hydroxylation is 2. The Morgan fingerprint density at radius 1 is 0.867 bits per heavy atom. The molecule has 7 heteroatoms. The van der Waals surface area contributed by atoms with Gasteiger partial charge in [0.1, 0.15) is 5.69 Å². The Morgan fingerprint density at radius 3 is 2.37 bits per heavy atom. The Hall–Kier alpha value is -3.58. The molecular formula is C23H19N3O3S. The van der Waals surface area contributed by atoms with Gasteiger partial charge in [0.2, 0.25) is 0 Å². The molecule has 0 aliphatic rings. The lowest BCUT2D eigenvalue weighted by atomic mass is 10.1. The van der Waals surface area contributed by atoms with E-state index in [4.69, 9.17) is 0 Å². The molecule has 0 aliphatic carbocycles. The van der Waals surface area contributed by atoms with Crippen molar-refractivity contribution in [3.05, 3.63) is 89.9 Å². The van der Waals surface area contributed by atoms with E-state index < -0.39 is 10.0 Å². The van der Waals surface area contributed by atoms with Crippen molar-refractivity contribution >= 4 is 32.0 Å². The van der Waals surface area contributed by atoms with E-state index in [2.05, 4.69) is 0 Å². The number of fused-ring (bicyclic) bond motifs is 2. The SMILES string of the molecule is Cc1ccc(S(=O)(=O)n2ccc3cc(-c4ccc5ccn(C)c5[n+]4[O-])ccc32)cc1. The second-order valence-electron chi connectivity index (χ2n) is 7.42. The van der Waals surface area contributed by atoms with Crippen molar-refractivity contribution in [1.29, 1.82) is 0 Å². The summed E-state index contributed by atoms with van der Waals surface area (Å²) in [6, 6.07) is 19.5. The van der Waals surface area contributed by atoms with Gasteiger partial charge in [0.15, 0.2) is 0 Å². The Labute approximate surface area is 173 Å². The highest BCUT2D eigenvalue weighted by atomic mass is 32.2. The molecule has 0 saturated heterocycles. The van der Waals surface area contributed by atoms with Gasteiger partial charge in [-0.1, -0.05) is 17.7 Å². The first-order valence-corrected chi connectivity index (χ1v) is 10.9. The lowest BCUT2D eigenvalue weighted by Crippen LogP contribution is -2.31. The third-order valence-electron chi connectivity index (χ3n) is 5.43. The Morgan fingerprint density at radius 2 is 1.60 bits per heavy atom. The van der Waals surface area contributed by atoms with Crippen LogP contribution in [0.5, 0.6) is 0 Å². The maximum Gasteiger partial charge on any atom is 0.292 e. The van der Waals surface area contributed by atoms with Gasteiger partial charge in [0.05, 0.1) is 29.0 Å². The Balaban J connectivity index is 1.64. The van der Waals surface area contributed by atoms with Crippen LogP contribution in [0.4, 0.5) is 0 Å². The van der Waals surface area contributed by atoms with E-state index >= 15 is 0 Å². The monoisotopic (exact) mass is 417 g/mol. The molecule has 0 saturated carbocycles. The molecule has 30 heavy (non-hydrogen) atoms. The average Bonchev–Trinajstić information content (AvgIpc) is 3.32. The fourth-order valence-electron chi connectivity index (χ4n) is 3.81. The number of rotatable bonds is 3. The summed E-state index contributed by atoms with van der Waals surface area (Å²) in [6.07, 6.45) is 3.40. The van der Waals surface area contributed by atoms with Crippen molar-refractivity contribution in [2.24, 2.45) is 7.05 Å². The minimum absolute atomic E-state index is 0.237. The van der Waals surface area contributed by atoms with Crippen LogP contribution in [0.1, 0.15) is 5.56 Å². The second-order valence-corrected chi connectivity index (χ2v) is 9.24. The highest BCUT2D eigenvalue weighted by Crippen LogP contribution is 2.27. The number of aromatic nitrogens is 3. The maximum absolute atomic E-state index is 13.1.